The van der Waals surface area contributed by atoms with Gasteiger partial charge in [0.25, 0.3) is 0 Å². The molecule has 46 heavy (non-hydrogen) atoms. The minimum absolute atomic E-state index is 0.0140. The third-order valence-corrected chi connectivity index (χ3v) is 7.40. The lowest BCUT2D eigenvalue weighted by Crippen LogP contribution is -2.54. The predicted octanol–water partition coefficient (Wildman–Crippen LogP) is 3.66. The Hall–Kier alpha value is -3.73. The summed E-state index contributed by atoms with van der Waals surface area (Å²) in [6, 6.07) is 4.18. The molecule has 0 radical (unpaired) electrons. The molecule has 0 spiro atoms. The van der Waals surface area contributed by atoms with Gasteiger partial charge in [0, 0.05) is 44.3 Å². The molecule has 0 bridgehead atoms. The van der Waals surface area contributed by atoms with Crippen LogP contribution >= 0.6 is 0 Å². The number of nitrogens with zero attached hydrogens (tertiary/aromatic N) is 1. The lowest BCUT2D eigenvalue weighted by molar-refractivity contribution is -0.242. The third-order valence-electron chi connectivity index (χ3n) is 7.40. The lowest BCUT2D eigenvalue weighted by atomic mass is 10.0. The van der Waals surface area contributed by atoms with Gasteiger partial charge in [0.15, 0.2) is 5.78 Å². The van der Waals surface area contributed by atoms with E-state index in [2.05, 4.69) is 0 Å². The Morgan fingerprint density at radius 1 is 0.891 bits per heavy atom. The van der Waals surface area contributed by atoms with Crippen molar-refractivity contribution >= 4 is 23.6 Å². The van der Waals surface area contributed by atoms with Gasteiger partial charge in [-0.15, -0.1) is 0 Å². The Kier molecular flexibility index (Phi) is 14.7. The number of ether oxygens (including phenoxy) is 2. The van der Waals surface area contributed by atoms with Crippen molar-refractivity contribution in [2.45, 2.75) is 102 Å². The van der Waals surface area contributed by atoms with Gasteiger partial charge in [-0.1, -0.05) is 75.0 Å². The zero-order chi connectivity index (χ0) is 38.1. The molecule has 1 fully saturated rings. The van der Waals surface area contributed by atoms with Gasteiger partial charge in [-0.25, -0.2) is 0 Å². The first-order valence-corrected chi connectivity index (χ1v) is 15.6. The van der Waals surface area contributed by atoms with E-state index in [1.54, 1.807) is 29.2 Å². The van der Waals surface area contributed by atoms with Crippen LogP contribution in [0.2, 0.25) is 0 Å². The Bertz CT molecular complexity index is 1460. The molecule has 1 aliphatic heterocycles. The molecule has 4 unspecified atom stereocenters. The summed E-state index contributed by atoms with van der Waals surface area (Å²) in [5.41, 5.74) is 0.485. The number of aliphatic hydroxyl groups excluding tert-OH is 3. The van der Waals surface area contributed by atoms with E-state index in [9.17, 15) is 29.7 Å². The fourth-order valence-corrected chi connectivity index (χ4v) is 4.76. The summed E-state index contributed by atoms with van der Waals surface area (Å²) in [6.07, 6.45) is 1.24. The van der Waals surface area contributed by atoms with E-state index in [0.717, 1.165) is 44.1 Å². The first-order chi connectivity index (χ1) is 24.3. The molecule has 4 atom stereocenters. The Balaban J connectivity index is 0.00000290. The topological polar surface area (TPSA) is 168 Å². The molecule has 252 valence electrons. The fourth-order valence-electron chi connectivity index (χ4n) is 4.76. The van der Waals surface area contributed by atoms with Crippen LogP contribution in [0.4, 0.5) is 0 Å². The number of Topliss-reactive ketones (excluding diaryl/α,β-unsaturated/α-hetero) is 2. The van der Waals surface area contributed by atoms with Gasteiger partial charge < -0.3 is 29.7 Å². The number of amides is 1. The maximum Gasteiger partial charge on any atom is 0.373 e. The van der Waals surface area contributed by atoms with Crippen molar-refractivity contribution in [1.29, 1.82) is 0 Å². The van der Waals surface area contributed by atoms with Crippen molar-refractivity contribution < 1.29 is 55.6 Å². The number of rotatable bonds is 19. The highest BCUT2D eigenvalue weighted by Crippen LogP contribution is 2.21. The second-order valence-electron chi connectivity index (χ2n) is 11.0. The normalized spacial score (nSPS) is 20.4. The molecule has 11 heteroatoms. The number of carbonyl (C=O) groups excluding carboxylic acids is 5. The number of unbranched alkanes of at least 4 members (excludes halogenated alkanes) is 5. The summed E-state index contributed by atoms with van der Waals surface area (Å²) in [7, 11) is 0. The van der Waals surface area contributed by atoms with E-state index in [4.69, 9.17) is 25.9 Å². The van der Waals surface area contributed by atoms with Gasteiger partial charge in [-0.3, -0.25) is 14.4 Å². The number of benzene rings is 2. The summed E-state index contributed by atoms with van der Waals surface area (Å²) in [5, 5.41) is 29.5. The van der Waals surface area contributed by atoms with Crippen LogP contribution in [-0.2, 0) is 30.3 Å². The Morgan fingerprint density at radius 3 is 2.22 bits per heavy atom. The molecule has 2 aromatic carbocycles. The molecule has 11 nitrogen and oxygen atoms in total. The van der Waals surface area contributed by atoms with Crippen LogP contribution in [0.15, 0.2) is 54.5 Å². The Morgan fingerprint density at radius 2 is 1.54 bits per heavy atom. The summed E-state index contributed by atoms with van der Waals surface area (Å²) in [4.78, 5) is 56.3. The van der Waals surface area contributed by atoms with Crippen LogP contribution in [0, 0.1) is 0 Å². The van der Waals surface area contributed by atoms with E-state index < -0.39 is 60.6 Å². The molecular weight excluding hydrogens is 594 g/mol. The molecule has 3 N–H and O–H groups in total. The molecule has 1 saturated heterocycles. The maximum atomic E-state index is 12.9. The molecule has 3 rings (SSSR count). The highest BCUT2D eigenvalue weighted by molar-refractivity contribution is 5.95. The predicted molar refractivity (Wildman–Crippen MR) is 168 cm³/mol. The van der Waals surface area contributed by atoms with Crippen LogP contribution < -0.4 is 4.74 Å². The number of hydrogen-bond donors (Lipinski definition) is 3. The van der Waals surface area contributed by atoms with E-state index in [1.807, 2.05) is 6.92 Å². The van der Waals surface area contributed by atoms with Crippen LogP contribution in [-0.4, -0.2) is 88.1 Å². The minimum atomic E-state index is -1.41. The average molecular weight is 647 g/mol. The number of carbonyl (C=O) groups is 3. The van der Waals surface area contributed by atoms with Crippen molar-refractivity contribution in [2.75, 3.05) is 19.7 Å². The monoisotopic (exact) mass is 646 g/mol. The van der Waals surface area contributed by atoms with E-state index in [-0.39, 0.29) is 49.3 Å². The van der Waals surface area contributed by atoms with E-state index in [0.29, 0.717) is 31.7 Å². The van der Waals surface area contributed by atoms with Crippen molar-refractivity contribution in [3.05, 3.63) is 65.6 Å². The molecule has 2 aromatic rings. The fraction of sp³-hybridized carbons (Fsp3) is 0.543. The summed E-state index contributed by atoms with van der Waals surface area (Å²) in [5.74, 6) is -0.110. The van der Waals surface area contributed by atoms with Crippen LogP contribution in [0.5, 0.6) is 5.75 Å². The average Bonchev–Trinajstić information content (AvgIpc) is 3.11. The molecule has 0 aliphatic carbocycles. The first-order valence-electron chi connectivity index (χ1n) is 18.1. The smallest absolute Gasteiger partial charge is 0.373 e. The largest absolute Gasteiger partial charge is 0.462 e. The van der Waals surface area contributed by atoms with Crippen LogP contribution in [0.25, 0.3) is 0 Å². The second-order valence-corrected chi connectivity index (χ2v) is 11.0. The van der Waals surface area contributed by atoms with Crippen molar-refractivity contribution in [1.82, 2.24) is 4.90 Å². The lowest BCUT2D eigenvalue weighted by Gasteiger charge is -2.34. The zero-order valence-corrected chi connectivity index (χ0v) is 26.2. The van der Waals surface area contributed by atoms with Gasteiger partial charge in [-0.05, 0) is 37.0 Å². The molecule has 1 heterocycles. The van der Waals surface area contributed by atoms with Crippen molar-refractivity contribution in [3.63, 3.8) is 0 Å². The third kappa shape index (κ3) is 14.1. The van der Waals surface area contributed by atoms with Gasteiger partial charge >= 0.3 is 6.15 Å². The number of hydrogen-bond acceptors (Lipinski definition) is 10. The summed E-state index contributed by atoms with van der Waals surface area (Å²) in [6.45, 7) is 2.68. The summed E-state index contributed by atoms with van der Waals surface area (Å²) < 4.78 is 49.9. The van der Waals surface area contributed by atoms with Gasteiger partial charge in [-0.2, -0.15) is 9.59 Å². The number of ketones is 2. The summed E-state index contributed by atoms with van der Waals surface area (Å²) >= 11 is 0. The van der Waals surface area contributed by atoms with Gasteiger partial charge in [0.2, 0.25) is 12.2 Å². The zero-order valence-electron chi connectivity index (χ0n) is 31.2. The quantitative estimate of drug-likeness (QED) is 0.151. The standard InChI is InChI=1S/C34H47NO8.CO2/c1-2-3-15-31(39)35(21-11-6-4-5-10-14-29(37)26-12-8-7-9-13-26)22-20-27(36)23-25-16-18-28(19-17-25)43-34-33(41)32(40)30(38)24-42-34;2-1-3/h7-9,12-13,16-19,30,32-34,38,40-41H,2-6,10-11,14-15,20-24H2,1H3;/i7D,8D,9D,12D,13D;. The van der Waals surface area contributed by atoms with Gasteiger partial charge in [0.05, 0.1) is 13.5 Å². The maximum absolute atomic E-state index is 12.9. The molecule has 0 saturated carbocycles. The van der Waals surface area contributed by atoms with Crippen molar-refractivity contribution in [3.8, 4) is 5.75 Å². The van der Waals surface area contributed by atoms with E-state index >= 15 is 0 Å². The highest BCUT2D eigenvalue weighted by atomic mass is 16.7. The Labute approximate surface area is 277 Å². The molecule has 1 amide bonds. The molecular formula is C35H47NO10. The van der Waals surface area contributed by atoms with Crippen LogP contribution in [0.1, 0.15) is 93.9 Å². The van der Waals surface area contributed by atoms with Crippen molar-refractivity contribution in [2.24, 2.45) is 0 Å². The number of aliphatic hydroxyl groups is 3. The second kappa shape index (κ2) is 21.9. The molecule has 0 aromatic heterocycles. The van der Waals surface area contributed by atoms with Gasteiger partial charge in [0.1, 0.15) is 29.8 Å². The van der Waals surface area contributed by atoms with Crippen LogP contribution in [0.3, 0.4) is 0 Å². The molecule has 1 aliphatic rings. The first kappa shape index (κ1) is 30.9. The van der Waals surface area contributed by atoms with E-state index in [1.165, 1.54) is 0 Å². The minimum Gasteiger partial charge on any atom is -0.462 e. The SMILES string of the molecule is O=C=O.[2H]c1c([2H])c([2H])c(C(=O)CCCCCCCN(CCC(=O)Cc2ccc(OC3OCC(O)C(O)C3O)cc2)C(=O)CCCC)c([2H])c1[2H]. The highest BCUT2D eigenvalue weighted by Gasteiger charge is 2.39.